The highest BCUT2D eigenvalue weighted by Crippen LogP contribution is 2.18. The molecule has 0 aliphatic heterocycles. The summed E-state index contributed by atoms with van der Waals surface area (Å²) in [5.41, 5.74) is -0.236. The minimum Gasteiger partial charge on any atom is -0.422 e. The molecule has 1 atom stereocenters. The van der Waals surface area contributed by atoms with E-state index < -0.39 is 11.5 Å². The second-order valence-corrected chi connectivity index (χ2v) is 4.85. The van der Waals surface area contributed by atoms with Crippen LogP contribution in [0.4, 0.5) is 0 Å². The lowest BCUT2D eigenvalue weighted by Gasteiger charge is -2.10. The molecule has 1 amide bonds. The zero-order valence-corrected chi connectivity index (χ0v) is 11.5. The molecule has 2 aromatic rings. The lowest BCUT2D eigenvalue weighted by molar-refractivity contribution is 0.0935. The van der Waals surface area contributed by atoms with Gasteiger partial charge in [-0.3, -0.25) is 4.79 Å². The van der Waals surface area contributed by atoms with Crippen molar-refractivity contribution in [2.24, 2.45) is 0 Å². The standard InChI is InChI=1S/C14H14ClNO3/c1-3-8(2)16-13(17)11-7-9-6-10(15)4-5-12(9)19-14(11)18/h4-8H,3H2,1-2H3,(H,16,17)/t8-/m0/s1. The van der Waals surface area contributed by atoms with Crippen LogP contribution in [0.25, 0.3) is 11.0 Å². The van der Waals surface area contributed by atoms with Gasteiger partial charge in [0.15, 0.2) is 0 Å². The highest BCUT2D eigenvalue weighted by atomic mass is 35.5. The summed E-state index contributed by atoms with van der Waals surface area (Å²) in [6, 6.07) is 6.40. The van der Waals surface area contributed by atoms with Crippen molar-refractivity contribution in [2.75, 3.05) is 0 Å². The summed E-state index contributed by atoms with van der Waals surface area (Å²) in [6.07, 6.45) is 0.788. The molecule has 1 heterocycles. The van der Waals surface area contributed by atoms with E-state index in [2.05, 4.69) is 5.32 Å². The van der Waals surface area contributed by atoms with E-state index in [9.17, 15) is 9.59 Å². The first-order valence-corrected chi connectivity index (χ1v) is 6.43. The molecule has 0 fully saturated rings. The minimum absolute atomic E-state index is 0.00181. The number of hydrogen-bond donors (Lipinski definition) is 1. The van der Waals surface area contributed by atoms with Gasteiger partial charge in [0.05, 0.1) is 0 Å². The zero-order valence-electron chi connectivity index (χ0n) is 10.7. The molecule has 100 valence electrons. The van der Waals surface area contributed by atoms with E-state index in [1.165, 1.54) is 6.07 Å². The summed E-state index contributed by atoms with van der Waals surface area (Å²) in [5.74, 6) is -0.426. The Hall–Kier alpha value is -1.81. The van der Waals surface area contributed by atoms with Crippen LogP contribution in [-0.2, 0) is 0 Å². The molecular formula is C14H14ClNO3. The fraction of sp³-hybridized carbons (Fsp3) is 0.286. The highest BCUT2D eigenvalue weighted by Gasteiger charge is 2.15. The first kappa shape index (κ1) is 13.6. The van der Waals surface area contributed by atoms with E-state index in [0.717, 1.165) is 6.42 Å². The quantitative estimate of drug-likeness (QED) is 0.879. The average Bonchev–Trinajstić information content (AvgIpc) is 2.38. The number of nitrogens with one attached hydrogen (secondary N) is 1. The van der Waals surface area contributed by atoms with Crippen molar-refractivity contribution in [3.63, 3.8) is 0 Å². The number of rotatable bonds is 3. The lowest BCUT2D eigenvalue weighted by Crippen LogP contribution is -2.34. The maximum atomic E-state index is 12.0. The largest absolute Gasteiger partial charge is 0.422 e. The number of fused-ring (bicyclic) bond motifs is 1. The number of hydrogen-bond acceptors (Lipinski definition) is 3. The van der Waals surface area contributed by atoms with Crippen LogP contribution in [0.2, 0.25) is 5.02 Å². The van der Waals surface area contributed by atoms with E-state index in [1.54, 1.807) is 18.2 Å². The molecule has 4 nitrogen and oxygen atoms in total. The number of carbonyl (C=O) groups is 1. The number of benzene rings is 1. The van der Waals surface area contributed by atoms with Crippen LogP contribution in [0.5, 0.6) is 0 Å². The number of amides is 1. The SMILES string of the molecule is CC[C@H](C)NC(=O)c1cc2cc(Cl)ccc2oc1=O. The molecule has 2 rings (SSSR count). The van der Waals surface area contributed by atoms with Gasteiger partial charge in [-0.1, -0.05) is 18.5 Å². The van der Waals surface area contributed by atoms with Gasteiger partial charge in [-0.05, 0) is 37.6 Å². The van der Waals surface area contributed by atoms with Crippen LogP contribution < -0.4 is 10.9 Å². The second kappa shape index (κ2) is 5.45. The Balaban J connectivity index is 2.46. The van der Waals surface area contributed by atoms with Gasteiger partial charge in [0, 0.05) is 16.5 Å². The molecule has 0 unspecified atom stereocenters. The summed E-state index contributed by atoms with van der Waals surface area (Å²) < 4.78 is 5.11. The van der Waals surface area contributed by atoms with Crippen molar-refractivity contribution < 1.29 is 9.21 Å². The van der Waals surface area contributed by atoms with Gasteiger partial charge in [0.1, 0.15) is 11.1 Å². The molecule has 0 radical (unpaired) electrons. The monoisotopic (exact) mass is 279 g/mol. The highest BCUT2D eigenvalue weighted by molar-refractivity contribution is 6.31. The molecule has 0 saturated carbocycles. The van der Waals surface area contributed by atoms with Crippen molar-refractivity contribution >= 4 is 28.5 Å². The molecule has 0 aliphatic carbocycles. The molecule has 0 saturated heterocycles. The van der Waals surface area contributed by atoms with Crippen LogP contribution in [0, 0.1) is 0 Å². The van der Waals surface area contributed by atoms with Crippen LogP contribution >= 0.6 is 11.6 Å². The van der Waals surface area contributed by atoms with Crippen molar-refractivity contribution in [2.45, 2.75) is 26.3 Å². The van der Waals surface area contributed by atoms with Gasteiger partial charge in [0.2, 0.25) is 0 Å². The summed E-state index contributed by atoms with van der Waals surface area (Å²) in [7, 11) is 0. The van der Waals surface area contributed by atoms with Crippen molar-refractivity contribution in [1.82, 2.24) is 5.32 Å². The molecule has 5 heteroatoms. The molecule has 1 aromatic heterocycles. The Morgan fingerprint density at radius 1 is 1.42 bits per heavy atom. The summed E-state index contributed by atoms with van der Waals surface area (Å²) in [6.45, 7) is 3.82. The van der Waals surface area contributed by atoms with Gasteiger partial charge in [-0.2, -0.15) is 0 Å². The maximum Gasteiger partial charge on any atom is 0.349 e. The summed E-state index contributed by atoms with van der Waals surface area (Å²) >= 11 is 5.88. The van der Waals surface area contributed by atoms with Crippen molar-refractivity contribution in [1.29, 1.82) is 0 Å². The van der Waals surface area contributed by atoms with Crippen LogP contribution in [0.3, 0.4) is 0 Å². The second-order valence-electron chi connectivity index (χ2n) is 4.41. The zero-order chi connectivity index (χ0) is 14.0. The van der Waals surface area contributed by atoms with Gasteiger partial charge in [0.25, 0.3) is 5.91 Å². The Labute approximate surface area is 115 Å². The van der Waals surface area contributed by atoms with Gasteiger partial charge in [-0.15, -0.1) is 0 Å². The number of carbonyl (C=O) groups excluding carboxylic acids is 1. The predicted molar refractivity (Wildman–Crippen MR) is 74.7 cm³/mol. The van der Waals surface area contributed by atoms with Crippen LogP contribution in [0.1, 0.15) is 30.6 Å². The Bertz CT molecular complexity index is 678. The van der Waals surface area contributed by atoms with E-state index in [1.807, 2.05) is 13.8 Å². The third kappa shape index (κ3) is 2.96. The smallest absolute Gasteiger partial charge is 0.349 e. The average molecular weight is 280 g/mol. The van der Waals surface area contributed by atoms with Gasteiger partial charge in [-0.25, -0.2) is 4.79 Å². The van der Waals surface area contributed by atoms with E-state index in [-0.39, 0.29) is 11.6 Å². The normalized spacial score (nSPS) is 12.4. The van der Waals surface area contributed by atoms with Crippen LogP contribution in [0.15, 0.2) is 33.5 Å². The molecule has 0 spiro atoms. The maximum absolute atomic E-state index is 12.0. The van der Waals surface area contributed by atoms with E-state index >= 15 is 0 Å². The number of halogens is 1. The topological polar surface area (TPSA) is 59.3 Å². The molecule has 1 N–H and O–H groups in total. The van der Waals surface area contributed by atoms with E-state index in [4.69, 9.17) is 16.0 Å². The van der Waals surface area contributed by atoms with Crippen LogP contribution in [-0.4, -0.2) is 11.9 Å². The summed E-state index contributed by atoms with van der Waals surface area (Å²) in [4.78, 5) is 23.7. The molecule has 0 bridgehead atoms. The fourth-order valence-corrected chi connectivity index (χ4v) is 1.84. The third-order valence-corrected chi connectivity index (χ3v) is 3.16. The molecule has 1 aromatic carbocycles. The fourth-order valence-electron chi connectivity index (χ4n) is 1.66. The Morgan fingerprint density at radius 3 is 2.84 bits per heavy atom. The first-order valence-electron chi connectivity index (χ1n) is 6.05. The van der Waals surface area contributed by atoms with Gasteiger partial charge < -0.3 is 9.73 Å². The predicted octanol–water partition coefficient (Wildman–Crippen LogP) is 2.97. The Morgan fingerprint density at radius 2 is 2.16 bits per heavy atom. The minimum atomic E-state index is -0.643. The molecule has 0 aliphatic rings. The third-order valence-electron chi connectivity index (χ3n) is 2.93. The van der Waals surface area contributed by atoms with E-state index in [0.29, 0.717) is 16.0 Å². The van der Waals surface area contributed by atoms with Crippen molar-refractivity contribution in [3.05, 3.63) is 45.3 Å². The van der Waals surface area contributed by atoms with Gasteiger partial charge >= 0.3 is 5.63 Å². The Kier molecular flexibility index (Phi) is 3.90. The van der Waals surface area contributed by atoms with Crippen molar-refractivity contribution in [3.8, 4) is 0 Å². The summed E-state index contributed by atoms with van der Waals surface area (Å²) in [5, 5.41) is 3.88. The lowest BCUT2D eigenvalue weighted by atomic mass is 10.1. The first-order chi connectivity index (χ1) is 9.01. The molecule has 19 heavy (non-hydrogen) atoms. The molecular weight excluding hydrogens is 266 g/mol.